The zero-order chi connectivity index (χ0) is 17.9. The fourth-order valence-corrected chi connectivity index (χ4v) is 2.57. The lowest BCUT2D eigenvalue weighted by atomic mass is 9.91. The summed E-state index contributed by atoms with van der Waals surface area (Å²) in [6, 6.07) is 0.994. The summed E-state index contributed by atoms with van der Waals surface area (Å²) < 4.78 is 15.5. The van der Waals surface area contributed by atoms with Gasteiger partial charge >= 0.3 is 5.97 Å². The van der Waals surface area contributed by atoms with Crippen molar-refractivity contribution in [2.24, 2.45) is 0 Å². The Balaban J connectivity index is 2.61. The lowest BCUT2D eigenvalue weighted by molar-refractivity contribution is -0.143. The topological polar surface area (TPSA) is 123 Å². The van der Waals surface area contributed by atoms with Gasteiger partial charge in [-0.1, -0.05) is 5.16 Å². The normalized spacial score (nSPS) is 12.2. The van der Waals surface area contributed by atoms with Gasteiger partial charge in [-0.2, -0.15) is 0 Å². The van der Waals surface area contributed by atoms with Gasteiger partial charge in [0.25, 0.3) is 0 Å². The molecule has 8 nitrogen and oxygen atoms in total. The number of carbonyl (C=O) groups is 1. The van der Waals surface area contributed by atoms with E-state index in [-0.39, 0.29) is 24.5 Å². The van der Waals surface area contributed by atoms with E-state index in [0.717, 1.165) is 6.07 Å². The molecule has 0 saturated heterocycles. The van der Waals surface area contributed by atoms with Crippen LogP contribution in [0.15, 0.2) is 19.8 Å². The van der Waals surface area contributed by atoms with Gasteiger partial charge in [-0.25, -0.2) is 0 Å². The zero-order valence-corrected chi connectivity index (χ0v) is 13.7. The second-order valence-corrected chi connectivity index (χ2v) is 5.25. The maximum Gasteiger partial charge on any atom is 0.306 e. The molecule has 2 rings (SSSR count). The van der Waals surface area contributed by atoms with Crippen molar-refractivity contribution in [1.29, 1.82) is 0 Å². The summed E-state index contributed by atoms with van der Waals surface area (Å²) >= 11 is 0. The summed E-state index contributed by atoms with van der Waals surface area (Å²) in [7, 11) is 0. The highest BCUT2D eigenvalue weighted by Crippen LogP contribution is 2.36. The highest BCUT2D eigenvalue weighted by molar-refractivity contribution is 5.71. The lowest BCUT2D eigenvalue weighted by Crippen LogP contribution is -2.15. The van der Waals surface area contributed by atoms with Gasteiger partial charge < -0.3 is 23.9 Å². The minimum atomic E-state index is -0.825. The van der Waals surface area contributed by atoms with E-state index in [0.29, 0.717) is 17.0 Å². The smallest absolute Gasteiger partial charge is 0.306 e. The monoisotopic (exact) mass is 337 g/mol. The molecule has 0 aliphatic heterocycles. The van der Waals surface area contributed by atoms with Crippen molar-refractivity contribution in [3.05, 3.63) is 44.8 Å². The molecule has 2 heterocycles. The van der Waals surface area contributed by atoms with Crippen LogP contribution in [0.25, 0.3) is 0 Å². The minimum absolute atomic E-state index is 0.0200. The van der Waals surface area contributed by atoms with E-state index < -0.39 is 29.7 Å². The summed E-state index contributed by atoms with van der Waals surface area (Å²) in [5.41, 5.74) is 0.316. The number of aliphatic hydroxyl groups excluding tert-OH is 1. The molecule has 0 fully saturated rings. The van der Waals surface area contributed by atoms with Crippen molar-refractivity contribution in [3.63, 3.8) is 0 Å². The average Bonchev–Trinajstić information content (AvgIpc) is 2.87. The van der Waals surface area contributed by atoms with Gasteiger partial charge in [0.15, 0.2) is 5.76 Å². The van der Waals surface area contributed by atoms with Crippen molar-refractivity contribution in [2.45, 2.75) is 39.7 Å². The van der Waals surface area contributed by atoms with E-state index in [9.17, 15) is 19.8 Å². The number of aryl methyl sites for hydroxylation is 2. The molecule has 0 spiro atoms. The molecule has 2 aromatic heterocycles. The largest absolute Gasteiger partial charge is 0.502 e. The molecule has 2 N–H and O–H groups in total. The quantitative estimate of drug-likeness (QED) is 0.761. The Morgan fingerprint density at radius 1 is 1.42 bits per heavy atom. The number of esters is 1. The molecule has 24 heavy (non-hydrogen) atoms. The standard InChI is InChI=1S/C16H19NO7/c1-4-22-13(20)6-11(14-8(2)17-24-9(14)3)16-15(21)12(19)5-10(7-18)23-16/h5,11,18,21H,4,6-7H2,1-3H3. The SMILES string of the molecule is CCOC(=O)CC(c1oc(CO)cc(=O)c1O)c1c(C)noc1C. The third-order valence-corrected chi connectivity index (χ3v) is 3.59. The molecular formula is C16H19NO7. The van der Waals surface area contributed by atoms with Gasteiger partial charge in [0.2, 0.25) is 11.2 Å². The Morgan fingerprint density at radius 3 is 2.67 bits per heavy atom. The van der Waals surface area contributed by atoms with E-state index >= 15 is 0 Å². The van der Waals surface area contributed by atoms with Crippen LogP contribution in [0.2, 0.25) is 0 Å². The van der Waals surface area contributed by atoms with Crippen LogP contribution in [0.3, 0.4) is 0 Å². The second kappa shape index (κ2) is 7.31. The van der Waals surface area contributed by atoms with Crippen LogP contribution in [0.4, 0.5) is 0 Å². The summed E-state index contributed by atoms with van der Waals surface area (Å²) in [4.78, 5) is 23.9. The van der Waals surface area contributed by atoms with Gasteiger partial charge in [-0.05, 0) is 20.8 Å². The Morgan fingerprint density at radius 2 is 2.12 bits per heavy atom. The van der Waals surface area contributed by atoms with Crippen molar-refractivity contribution in [1.82, 2.24) is 5.16 Å². The molecule has 0 bridgehead atoms. The van der Waals surface area contributed by atoms with Gasteiger partial charge in [0, 0.05) is 11.6 Å². The van der Waals surface area contributed by atoms with Crippen molar-refractivity contribution >= 4 is 5.97 Å². The molecule has 2 aromatic rings. The highest BCUT2D eigenvalue weighted by atomic mass is 16.5. The van der Waals surface area contributed by atoms with Crippen LogP contribution in [0, 0.1) is 13.8 Å². The highest BCUT2D eigenvalue weighted by Gasteiger charge is 2.31. The third kappa shape index (κ3) is 3.48. The first-order valence-corrected chi connectivity index (χ1v) is 7.44. The number of hydrogen-bond acceptors (Lipinski definition) is 8. The van der Waals surface area contributed by atoms with Gasteiger partial charge in [0.05, 0.1) is 24.6 Å². The Labute approximate surface area is 137 Å². The fourth-order valence-electron chi connectivity index (χ4n) is 2.57. The second-order valence-electron chi connectivity index (χ2n) is 5.25. The Kier molecular flexibility index (Phi) is 5.40. The van der Waals surface area contributed by atoms with E-state index in [1.54, 1.807) is 20.8 Å². The predicted molar refractivity (Wildman–Crippen MR) is 81.6 cm³/mol. The van der Waals surface area contributed by atoms with Gasteiger partial charge in [0.1, 0.15) is 18.1 Å². The maximum absolute atomic E-state index is 12.0. The van der Waals surface area contributed by atoms with Crippen LogP contribution in [0.5, 0.6) is 5.75 Å². The van der Waals surface area contributed by atoms with E-state index in [4.69, 9.17) is 13.7 Å². The summed E-state index contributed by atoms with van der Waals surface area (Å²) in [6.07, 6.45) is -0.178. The van der Waals surface area contributed by atoms with Crippen LogP contribution in [-0.2, 0) is 16.1 Å². The van der Waals surface area contributed by atoms with Gasteiger partial charge in [-0.15, -0.1) is 0 Å². The van der Waals surface area contributed by atoms with E-state index in [1.807, 2.05) is 0 Å². The first-order valence-electron chi connectivity index (χ1n) is 7.44. The summed E-state index contributed by atoms with van der Waals surface area (Å²) in [6.45, 7) is 4.68. The first kappa shape index (κ1) is 17.7. The summed E-state index contributed by atoms with van der Waals surface area (Å²) in [5, 5.41) is 23.2. The molecule has 1 atom stereocenters. The summed E-state index contributed by atoms with van der Waals surface area (Å²) in [5.74, 6) is -1.70. The number of aromatic hydroxyl groups is 1. The van der Waals surface area contributed by atoms with Crippen LogP contribution < -0.4 is 5.43 Å². The molecule has 0 aliphatic carbocycles. The Hall–Kier alpha value is -2.61. The van der Waals surface area contributed by atoms with Gasteiger partial charge in [-0.3, -0.25) is 9.59 Å². The van der Waals surface area contributed by atoms with Crippen LogP contribution >= 0.6 is 0 Å². The maximum atomic E-state index is 12.0. The molecule has 0 aromatic carbocycles. The molecule has 1 unspecified atom stereocenters. The molecule has 0 aliphatic rings. The van der Waals surface area contributed by atoms with Crippen LogP contribution in [0.1, 0.15) is 47.8 Å². The fraction of sp³-hybridized carbons (Fsp3) is 0.438. The number of aliphatic hydroxyl groups is 1. The molecule has 8 heteroatoms. The lowest BCUT2D eigenvalue weighted by Gasteiger charge is -2.17. The number of ether oxygens (including phenoxy) is 1. The average molecular weight is 337 g/mol. The zero-order valence-electron chi connectivity index (χ0n) is 13.7. The third-order valence-electron chi connectivity index (χ3n) is 3.59. The Bertz CT molecular complexity index is 771. The molecule has 0 amide bonds. The number of aromatic nitrogens is 1. The molecule has 130 valence electrons. The number of carbonyl (C=O) groups excluding carboxylic acids is 1. The first-order chi connectivity index (χ1) is 11.4. The molecule has 0 radical (unpaired) electrons. The minimum Gasteiger partial charge on any atom is -0.502 e. The van der Waals surface area contributed by atoms with E-state index in [1.165, 1.54) is 0 Å². The molecule has 0 saturated carbocycles. The predicted octanol–water partition coefficient (Wildman–Crippen LogP) is 1.53. The number of hydrogen-bond donors (Lipinski definition) is 2. The van der Waals surface area contributed by atoms with Crippen LogP contribution in [-0.4, -0.2) is 27.9 Å². The number of nitrogens with zero attached hydrogens (tertiary/aromatic N) is 1. The number of rotatable bonds is 6. The van der Waals surface area contributed by atoms with Crippen molar-refractivity contribution in [3.8, 4) is 5.75 Å². The van der Waals surface area contributed by atoms with Crippen molar-refractivity contribution < 1.29 is 28.7 Å². The van der Waals surface area contributed by atoms with E-state index in [2.05, 4.69) is 5.16 Å². The van der Waals surface area contributed by atoms with Crippen molar-refractivity contribution in [2.75, 3.05) is 6.61 Å². The molecular weight excluding hydrogens is 318 g/mol.